The molecular weight excluding hydrogens is 628 g/mol. The molecule has 2 spiro atoms. The van der Waals surface area contributed by atoms with Crippen molar-refractivity contribution in [3.63, 3.8) is 0 Å². The van der Waals surface area contributed by atoms with Crippen LogP contribution in [0.15, 0.2) is 96.3 Å². The zero-order valence-corrected chi connectivity index (χ0v) is 28.0. The van der Waals surface area contributed by atoms with E-state index in [1.54, 1.807) is 24.3 Å². The molecule has 10 nitrogen and oxygen atoms in total. The average molecular weight is 669 g/mol. The molecule has 2 unspecified atom stereocenters. The molecule has 0 aliphatic carbocycles. The van der Waals surface area contributed by atoms with Crippen LogP contribution in [-0.4, -0.2) is 93.8 Å². The van der Waals surface area contributed by atoms with Crippen molar-refractivity contribution in [2.45, 2.75) is 49.9 Å². The number of benzene rings is 3. The van der Waals surface area contributed by atoms with E-state index in [9.17, 15) is 19.2 Å². The molecule has 9 rings (SSSR count). The molecule has 4 saturated heterocycles. The lowest BCUT2D eigenvalue weighted by atomic mass is 9.85. The summed E-state index contributed by atoms with van der Waals surface area (Å²) in [4.78, 5) is 64.2. The van der Waals surface area contributed by atoms with Gasteiger partial charge in [-0.3, -0.25) is 29.0 Å². The maximum Gasteiger partial charge on any atom is 0.272 e. The van der Waals surface area contributed by atoms with E-state index < -0.39 is 11.3 Å². The van der Waals surface area contributed by atoms with Gasteiger partial charge in [-0.1, -0.05) is 60.7 Å². The first-order valence-electron chi connectivity index (χ1n) is 17.9. The Morgan fingerprint density at radius 3 is 1.28 bits per heavy atom. The van der Waals surface area contributed by atoms with Gasteiger partial charge in [0.25, 0.3) is 23.6 Å². The van der Waals surface area contributed by atoms with Gasteiger partial charge >= 0.3 is 0 Å². The number of hydrogen-bond acceptors (Lipinski definition) is 6. The maximum atomic E-state index is 14.2. The third-order valence-electron chi connectivity index (χ3n) is 11.7. The van der Waals surface area contributed by atoms with E-state index in [1.807, 2.05) is 70.5 Å². The summed E-state index contributed by atoms with van der Waals surface area (Å²) in [5.41, 5.74) is 3.83. The molecule has 4 fully saturated rings. The Bertz CT molecular complexity index is 1830. The predicted molar refractivity (Wildman–Crippen MR) is 188 cm³/mol. The smallest absolute Gasteiger partial charge is 0.272 e. The summed E-state index contributed by atoms with van der Waals surface area (Å²) in [6, 6.07) is 26.1. The summed E-state index contributed by atoms with van der Waals surface area (Å²) in [6.45, 7) is 4.82. The van der Waals surface area contributed by atoms with Gasteiger partial charge in [-0.15, -0.1) is 0 Å². The van der Waals surface area contributed by atoms with Crippen LogP contribution >= 0.6 is 0 Å². The van der Waals surface area contributed by atoms with E-state index in [0.717, 1.165) is 87.0 Å². The fourth-order valence-electron chi connectivity index (χ4n) is 9.73. The molecule has 0 bridgehead atoms. The summed E-state index contributed by atoms with van der Waals surface area (Å²) < 4.78 is 0. The molecule has 50 heavy (non-hydrogen) atoms. The fraction of sp³-hybridized carbons (Fsp3) is 0.350. The number of nitrogens with one attached hydrogen (secondary N) is 2. The van der Waals surface area contributed by atoms with Gasteiger partial charge in [0, 0.05) is 61.5 Å². The number of hydrogen-bond donors (Lipinski definition) is 2. The van der Waals surface area contributed by atoms with Crippen LogP contribution in [0.2, 0.25) is 0 Å². The second-order valence-electron chi connectivity index (χ2n) is 14.2. The van der Waals surface area contributed by atoms with E-state index in [2.05, 4.69) is 20.4 Å². The Hall–Kier alpha value is -5.06. The topological polar surface area (TPSA) is 105 Å². The quantitative estimate of drug-likeness (QED) is 0.411. The van der Waals surface area contributed by atoms with E-state index in [0.29, 0.717) is 35.6 Å². The standard InChI is InChI=1S/C40H40N6O4/c47-35(29-11-3-1-4-12-29)41-33-31(39-19-7-21-43(39)23-9-25-45(39)37(33)49)27-15-17-28(18-16-27)32-34(42-36(48)30-13-5-2-6-14-30)38(50)46-26-10-24-44-22-8-20-40(32,44)46/h1-6,11-18H,7-10,19-26H2,(H,41,47)(H,42,48). The SMILES string of the molecule is O=C(NC1=C(c2ccc(C3=C(NC(=O)c4ccccc4)C(=O)N4CCCN5CCCC354)cc2)C23CCCN2CCCN3C1=O)c1ccccc1. The van der Waals surface area contributed by atoms with Crippen molar-refractivity contribution in [1.29, 1.82) is 0 Å². The van der Waals surface area contributed by atoms with Gasteiger partial charge in [-0.2, -0.15) is 0 Å². The van der Waals surface area contributed by atoms with Crippen LogP contribution in [0.1, 0.15) is 70.4 Å². The summed E-state index contributed by atoms with van der Waals surface area (Å²) in [5.74, 6) is -0.910. The molecule has 254 valence electrons. The third kappa shape index (κ3) is 4.41. The molecular formula is C40H40N6O4. The number of rotatable bonds is 6. The molecule has 10 heteroatoms. The van der Waals surface area contributed by atoms with Gasteiger partial charge in [-0.05, 0) is 73.9 Å². The van der Waals surface area contributed by atoms with Crippen LogP contribution in [0.3, 0.4) is 0 Å². The lowest BCUT2D eigenvalue weighted by molar-refractivity contribution is -0.137. The minimum absolute atomic E-state index is 0.145. The molecule has 0 radical (unpaired) electrons. The van der Waals surface area contributed by atoms with Crippen LogP contribution in [0.4, 0.5) is 0 Å². The van der Waals surface area contributed by atoms with Crippen molar-refractivity contribution < 1.29 is 19.2 Å². The molecule has 6 aliphatic heterocycles. The lowest BCUT2D eigenvalue weighted by Gasteiger charge is -2.48. The Morgan fingerprint density at radius 2 is 0.880 bits per heavy atom. The number of carbonyl (C=O) groups excluding carboxylic acids is 4. The molecule has 3 aromatic rings. The van der Waals surface area contributed by atoms with Crippen molar-refractivity contribution in [3.05, 3.63) is 119 Å². The highest BCUT2D eigenvalue weighted by Crippen LogP contribution is 2.53. The Labute approximate surface area is 291 Å². The number of carbonyl (C=O) groups is 4. The summed E-state index contributed by atoms with van der Waals surface area (Å²) in [6.07, 6.45) is 5.27. The van der Waals surface area contributed by atoms with Gasteiger partial charge in [0.05, 0.1) is 0 Å². The predicted octanol–water partition coefficient (Wildman–Crippen LogP) is 4.04. The van der Waals surface area contributed by atoms with Crippen LogP contribution < -0.4 is 10.6 Å². The van der Waals surface area contributed by atoms with Crippen LogP contribution in [-0.2, 0) is 9.59 Å². The highest BCUT2D eigenvalue weighted by molar-refractivity contribution is 6.14. The highest BCUT2D eigenvalue weighted by Gasteiger charge is 2.60. The van der Waals surface area contributed by atoms with Gasteiger partial charge in [0.2, 0.25) is 0 Å². The monoisotopic (exact) mass is 668 g/mol. The molecule has 6 heterocycles. The van der Waals surface area contributed by atoms with Crippen LogP contribution in [0.5, 0.6) is 0 Å². The number of nitrogens with zero attached hydrogens (tertiary/aromatic N) is 4. The lowest BCUT2D eigenvalue weighted by Crippen LogP contribution is -2.60. The maximum absolute atomic E-state index is 14.2. The number of amides is 4. The molecule has 0 aromatic heterocycles. The van der Waals surface area contributed by atoms with Crippen molar-refractivity contribution in [1.82, 2.24) is 30.2 Å². The zero-order chi connectivity index (χ0) is 34.0. The van der Waals surface area contributed by atoms with Crippen molar-refractivity contribution >= 4 is 34.8 Å². The molecule has 6 aliphatic rings. The van der Waals surface area contributed by atoms with E-state index in [-0.39, 0.29) is 23.6 Å². The van der Waals surface area contributed by atoms with Crippen molar-refractivity contribution in [3.8, 4) is 0 Å². The van der Waals surface area contributed by atoms with E-state index in [1.165, 1.54) is 0 Å². The normalized spacial score (nSPS) is 26.2. The van der Waals surface area contributed by atoms with E-state index >= 15 is 0 Å². The third-order valence-corrected chi connectivity index (χ3v) is 11.7. The molecule has 0 saturated carbocycles. The first-order valence-corrected chi connectivity index (χ1v) is 17.9. The first kappa shape index (κ1) is 31.0. The molecule has 2 N–H and O–H groups in total. The second kappa shape index (κ2) is 11.8. The first-order chi connectivity index (χ1) is 24.4. The van der Waals surface area contributed by atoms with Crippen LogP contribution in [0, 0.1) is 0 Å². The Balaban J connectivity index is 1.16. The Morgan fingerprint density at radius 1 is 0.500 bits per heavy atom. The molecule has 3 aromatic carbocycles. The van der Waals surface area contributed by atoms with Gasteiger partial charge in [0.1, 0.15) is 22.7 Å². The van der Waals surface area contributed by atoms with Crippen molar-refractivity contribution in [2.24, 2.45) is 0 Å². The largest absolute Gasteiger partial charge is 0.317 e. The summed E-state index contributed by atoms with van der Waals surface area (Å²) in [5, 5.41) is 6.10. The zero-order valence-electron chi connectivity index (χ0n) is 28.0. The average Bonchev–Trinajstić information content (AvgIpc) is 3.90. The van der Waals surface area contributed by atoms with Crippen molar-refractivity contribution in [2.75, 3.05) is 39.3 Å². The fourth-order valence-corrected chi connectivity index (χ4v) is 9.73. The molecule has 2 atom stereocenters. The minimum atomic E-state index is -0.616. The Kier molecular flexibility index (Phi) is 7.29. The minimum Gasteiger partial charge on any atom is -0.317 e. The van der Waals surface area contributed by atoms with Crippen LogP contribution in [0.25, 0.3) is 11.1 Å². The summed E-state index contributed by atoms with van der Waals surface area (Å²) in [7, 11) is 0. The van der Waals surface area contributed by atoms with E-state index in [4.69, 9.17) is 0 Å². The van der Waals surface area contributed by atoms with Gasteiger partial charge < -0.3 is 20.4 Å². The van der Waals surface area contributed by atoms with Gasteiger partial charge in [0.15, 0.2) is 0 Å². The highest BCUT2D eigenvalue weighted by atomic mass is 16.2. The second-order valence-corrected chi connectivity index (χ2v) is 14.2. The van der Waals surface area contributed by atoms with Gasteiger partial charge in [-0.25, -0.2) is 0 Å². The molecule has 4 amide bonds. The summed E-state index contributed by atoms with van der Waals surface area (Å²) >= 11 is 0.